The standard InChI is InChI=1S/C14H27N3O2/c1-3-19-14(18)13(15-2)11-17-8-6-16(7-9-17)10-12-4-5-12/h12-13,15H,3-11H2,1-2H3. The van der Waals surface area contributed by atoms with Crippen molar-refractivity contribution in [1.29, 1.82) is 0 Å². The van der Waals surface area contributed by atoms with E-state index in [0.717, 1.165) is 38.6 Å². The number of piperazine rings is 1. The fourth-order valence-electron chi connectivity index (χ4n) is 2.60. The van der Waals surface area contributed by atoms with Crippen molar-refractivity contribution >= 4 is 5.97 Å². The number of hydrogen-bond donors (Lipinski definition) is 1. The lowest BCUT2D eigenvalue weighted by Crippen LogP contribution is -2.52. The third-order valence-electron chi connectivity index (χ3n) is 4.04. The lowest BCUT2D eigenvalue weighted by molar-refractivity contribution is -0.146. The molecule has 1 aliphatic heterocycles. The SMILES string of the molecule is CCOC(=O)C(CN1CCN(CC2CC2)CC1)NC. The molecule has 0 spiro atoms. The van der Waals surface area contributed by atoms with Gasteiger partial charge in [0.2, 0.25) is 0 Å². The molecule has 1 saturated carbocycles. The second-order valence-corrected chi connectivity index (χ2v) is 5.64. The van der Waals surface area contributed by atoms with Gasteiger partial charge in [-0.2, -0.15) is 0 Å². The minimum absolute atomic E-state index is 0.134. The van der Waals surface area contributed by atoms with E-state index >= 15 is 0 Å². The first kappa shape index (κ1) is 14.8. The molecular weight excluding hydrogens is 242 g/mol. The third kappa shape index (κ3) is 4.75. The Labute approximate surface area is 116 Å². The summed E-state index contributed by atoms with van der Waals surface area (Å²) in [5, 5.41) is 3.06. The fraction of sp³-hybridized carbons (Fsp3) is 0.929. The van der Waals surface area contributed by atoms with Crippen LogP contribution >= 0.6 is 0 Å². The van der Waals surface area contributed by atoms with Crippen LogP contribution in [0, 0.1) is 5.92 Å². The van der Waals surface area contributed by atoms with Crippen LogP contribution < -0.4 is 5.32 Å². The van der Waals surface area contributed by atoms with Crippen LogP contribution in [-0.4, -0.2) is 74.7 Å². The van der Waals surface area contributed by atoms with Crippen LogP contribution in [0.1, 0.15) is 19.8 Å². The van der Waals surface area contributed by atoms with Gasteiger partial charge in [-0.05, 0) is 32.7 Å². The Balaban J connectivity index is 1.69. The maximum atomic E-state index is 11.7. The van der Waals surface area contributed by atoms with Gasteiger partial charge in [0.1, 0.15) is 6.04 Å². The molecule has 0 radical (unpaired) electrons. The summed E-state index contributed by atoms with van der Waals surface area (Å²) in [7, 11) is 1.82. The number of ether oxygens (including phenoxy) is 1. The molecule has 110 valence electrons. The highest BCUT2D eigenvalue weighted by atomic mass is 16.5. The molecule has 1 unspecified atom stereocenters. The van der Waals surface area contributed by atoms with E-state index in [1.807, 2.05) is 14.0 Å². The van der Waals surface area contributed by atoms with Gasteiger partial charge < -0.3 is 15.0 Å². The molecule has 2 rings (SSSR count). The molecule has 0 aromatic carbocycles. The number of esters is 1. The monoisotopic (exact) mass is 269 g/mol. The van der Waals surface area contributed by atoms with Gasteiger partial charge in [0.15, 0.2) is 0 Å². The molecule has 1 heterocycles. The van der Waals surface area contributed by atoms with Crippen molar-refractivity contribution in [3.63, 3.8) is 0 Å². The maximum Gasteiger partial charge on any atom is 0.324 e. The summed E-state index contributed by atoms with van der Waals surface area (Å²) in [6, 6.07) is -0.199. The van der Waals surface area contributed by atoms with Crippen LogP contribution in [0.25, 0.3) is 0 Å². The number of nitrogens with zero attached hydrogens (tertiary/aromatic N) is 2. The van der Waals surface area contributed by atoms with Gasteiger partial charge in [-0.3, -0.25) is 9.69 Å². The van der Waals surface area contributed by atoms with Gasteiger partial charge in [0.05, 0.1) is 6.61 Å². The highest BCUT2D eigenvalue weighted by Crippen LogP contribution is 2.29. The highest BCUT2D eigenvalue weighted by Gasteiger charge is 2.28. The Kier molecular flexibility index (Phi) is 5.60. The first-order valence-corrected chi connectivity index (χ1v) is 7.51. The van der Waals surface area contributed by atoms with Gasteiger partial charge in [-0.15, -0.1) is 0 Å². The molecule has 2 aliphatic rings. The number of nitrogens with one attached hydrogen (secondary N) is 1. The summed E-state index contributed by atoms with van der Waals surface area (Å²) < 4.78 is 5.08. The van der Waals surface area contributed by atoms with Gasteiger partial charge in [0.25, 0.3) is 0 Å². The number of rotatable bonds is 7. The van der Waals surface area contributed by atoms with E-state index in [2.05, 4.69) is 15.1 Å². The van der Waals surface area contributed by atoms with Crippen molar-refractivity contribution in [2.45, 2.75) is 25.8 Å². The van der Waals surface area contributed by atoms with Crippen molar-refractivity contribution < 1.29 is 9.53 Å². The predicted molar refractivity (Wildman–Crippen MR) is 75.1 cm³/mol. The molecule has 0 bridgehead atoms. The first-order valence-electron chi connectivity index (χ1n) is 7.51. The second kappa shape index (κ2) is 7.22. The molecular formula is C14H27N3O2. The number of hydrogen-bond acceptors (Lipinski definition) is 5. The predicted octanol–water partition coefficient (Wildman–Crippen LogP) is 0.165. The molecule has 0 aromatic rings. The summed E-state index contributed by atoms with van der Waals surface area (Å²) in [6.45, 7) is 8.72. The van der Waals surface area contributed by atoms with Crippen molar-refractivity contribution in [3.05, 3.63) is 0 Å². The minimum Gasteiger partial charge on any atom is -0.465 e. The highest BCUT2D eigenvalue weighted by molar-refractivity contribution is 5.76. The summed E-state index contributed by atoms with van der Waals surface area (Å²) in [5.74, 6) is 0.835. The van der Waals surface area contributed by atoms with Crippen molar-refractivity contribution in [2.24, 2.45) is 5.92 Å². The molecule has 1 saturated heterocycles. The van der Waals surface area contributed by atoms with Crippen molar-refractivity contribution in [1.82, 2.24) is 15.1 Å². The van der Waals surface area contributed by atoms with Gasteiger partial charge in [0, 0.05) is 39.3 Å². The normalized spacial score (nSPS) is 23.3. The average molecular weight is 269 g/mol. The summed E-state index contributed by atoms with van der Waals surface area (Å²) in [6.07, 6.45) is 2.84. The summed E-state index contributed by atoms with van der Waals surface area (Å²) in [4.78, 5) is 16.7. The van der Waals surface area contributed by atoms with Gasteiger partial charge in [-0.25, -0.2) is 0 Å². The molecule has 2 fully saturated rings. The zero-order chi connectivity index (χ0) is 13.7. The summed E-state index contributed by atoms with van der Waals surface area (Å²) in [5.41, 5.74) is 0. The van der Waals surface area contributed by atoms with E-state index in [1.54, 1.807) is 0 Å². The molecule has 0 amide bonds. The van der Waals surface area contributed by atoms with E-state index < -0.39 is 0 Å². The Hall–Kier alpha value is -0.650. The Morgan fingerprint density at radius 3 is 2.42 bits per heavy atom. The van der Waals surface area contributed by atoms with Crippen LogP contribution in [0.3, 0.4) is 0 Å². The number of carbonyl (C=O) groups is 1. The van der Waals surface area contributed by atoms with Gasteiger partial charge in [-0.1, -0.05) is 0 Å². The maximum absolute atomic E-state index is 11.7. The third-order valence-corrected chi connectivity index (χ3v) is 4.04. The zero-order valence-electron chi connectivity index (χ0n) is 12.2. The largest absolute Gasteiger partial charge is 0.465 e. The Morgan fingerprint density at radius 1 is 1.26 bits per heavy atom. The van der Waals surface area contributed by atoms with Crippen LogP contribution in [-0.2, 0) is 9.53 Å². The van der Waals surface area contributed by atoms with E-state index in [-0.39, 0.29) is 12.0 Å². The lowest BCUT2D eigenvalue weighted by Gasteiger charge is -2.36. The van der Waals surface area contributed by atoms with E-state index in [0.29, 0.717) is 6.61 Å². The quantitative estimate of drug-likeness (QED) is 0.667. The topological polar surface area (TPSA) is 44.8 Å². The molecule has 1 aliphatic carbocycles. The second-order valence-electron chi connectivity index (χ2n) is 5.64. The van der Waals surface area contributed by atoms with E-state index in [4.69, 9.17) is 4.74 Å². The van der Waals surface area contributed by atoms with E-state index in [1.165, 1.54) is 19.4 Å². The van der Waals surface area contributed by atoms with E-state index in [9.17, 15) is 4.79 Å². The molecule has 19 heavy (non-hydrogen) atoms. The number of likely N-dealkylation sites (N-methyl/N-ethyl adjacent to an activating group) is 1. The molecule has 5 heteroatoms. The Bertz CT molecular complexity index is 286. The van der Waals surface area contributed by atoms with Crippen molar-refractivity contribution in [2.75, 3.05) is 52.9 Å². The molecule has 0 aromatic heterocycles. The smallest absolute Gasteiger partial charge is 0.324 e. The van der Waals surface area contributed by atoms with Crippen molar-refractivity contribution in [3.8, 4) is 0 Å². The van der Waals surface area contributed by atoms with Gasteiger partial charge >= 0.3 is 5.97 Å². The van der Waals surface area contributed by atoms with Crippen LogP contribution in [0.4, 0.5) is 0 Å². The molecule has 5 nitrogen and oxygen atoms in total. The number of carbonyl (C=O) groups excluding carboxylic acids is 1. The Morgan fingerprint density at radius 2 is 1.89 bits per heavy atom. The fourth-order valence-corrected chi connectivity index (χ4v) is 2.60. The van der Waals surface area contributed by atoms with Crippen LogP contribution in [0.2, 0.25) is 0 Å². The average Bonchev–Trinajstić information content (AvgIpc) is 3.22. The summed E-state index contributed by atoms with van der Waals surface area (Å²) >= 11 is 0. The van der Waals surface area contributed by atoms with Crippen LogP contribution in [0.15, 0.2) is 0 Å². The van der Waals surface area contributed by atoms with Crippen LogP contribution in [0.5, 0.6) is 0 Å². The molecule has 1 atom stereocenters. The minimum atomic E-state index is -0.199. The first-order chi connectivity index (χ1) is 9.22. The zero-order valence-corrected chi connectivity index (χ0v) is 12.2. The lowest BCUT2D eigenvalue weighted by atomic mass is 10.2. The molecule has 1 N–H and O–H groups in total.